The van der Waals surface area contributed by atoms with Gasteiger partial charge in [-0.3, -0.25) is 0 Å². The molecule has 1 aromatic carbocycles. The number of rotatable bonds is 5. The van der Waals surface area contributed by atoms with Crippen LogP contribution in [0.1, 0.15) is 39.7 Å². The zero-order valence-electron chi connectivity index (χ0n) is 13.1. The number of alkyl carbamates (subject to hydrolysis) is 1. The van der Waals surface area contributed by atoms with Crippen molar-refractivity contribution in [1.29, 1.82) is 0 Å². The van der Waals surface area contributed by atoms with Crippen LogP contribution in [-0.4, -0.2) is 30.0 Å². The van der Waals surface area contributed by atoms with Gasteiger partial charge in [0.1, 0.15) is 11.4 Å². The van der Waals surface area contributed by atoms with E-state index in [1.807, 2.05) is 6.92 Å². The lowest BCUT2D eigenvalue weighted by Crippen LogP contribution is -2.44. The van der Waals surface area contributed by atoms with Crippen LogP contribution in [0.5, 0.6) is 0 Å². The van der Waals surface area contributed by atoms with Gasteiger partial charge >= 0.3 is 6.09 Å². The van der Waals surface area contributed by atoms with Gasteiger partial charge < -0.3 is 15.2 Å². The van der Waals surface area contributed by atoms with E-state index in [1.54, 1.807) is 32.9 Å². The summed E-state index contributed by atoms with van der Waals surface area (Å²) >= 11 is 0. The number of aliphatic hydroxyl groups excluding tert-OH is 1. The monoisotopic (exact) mass is 297 g/mol. The molecule has 1 atom stereocenters. The number of benzene rings is 1. The molecule has 0 saturated carbocycles. The summed E-state index contributed by atoms with van der Waals surface area (Å²) < 4.78 is 18.6. The molecule has 5 heteroatoms. The Morgan fingerprint density at radius 2 is 2.05 bits per heavy atom. The van der Waals surface area contributed by atoms with Crippen molar-refractivity contribution in [3.8, 4) is 0 Å². The molecule has 21 heavy (non-hydrogen) atoms. The molecule has 1 aromatic rings. The summed E-state index contributed by atoms with van der Waals surface area (Å²) in [6.07, 6.45) is 0.00752. The molecule has 118 valence electrons. The van der Waals surface area contributed by atoms with E-state index in [9.17, 15) is 14.3 Å². The zero-order valence-corrected chi connectivity index (χ0v) is 13.1. The van der Waals surface area contributed by atoms with Crippen LogP contribution in [0.2, 0.25) is 0 Å². The number of hydrogen-bond donors (Lipinski definition) is 2. The Labute approximate surface area is 125 Å². The lowest BCUT2D eigenvalue weighted by Gasteiger charge is -2.32. The summed E-state index contributed by atoms with van der Waals surface area (Å²) in [7, 11) is 0. The highest BCUT2D eigenvalue weighted by molar-refractivity contribution is 5.67. The summed E-state index contributed by atoms with van der Waals surface area (Å²) in [5.41, 5.74) is -0.653. The molecule has 4 nitrogen and oxygen atoms in total. The van der Waals surface area contributed by atoms with E-state index in [0.29, 0.717) is 12.0 Å². The second kappa shape index (κ2) is 6.89. The van der Waals surface area contributed by atoms with Crippen molar-refractivity contribution in [2.75, 3.05) is 13.2 Å². The smallest absolute Gasteiger partial charge is 0.407 e. The van der Waals surface area contributed by atoms with Crippen LogP contribution in [0.3, 0.4) is 0 Å². The summed E-state index contributed by atoms with van der Waals surface area (Å²) in [5.74, 6) is -0.365. The Morgan fingerprint density at radius 1 is 1.38 bits per heavy atom. The first-order chi connectivity index (χ1) is 9.72. The standard InChI is InChI=1S/C16H24FNO3/c1-5-16(11-19,12-7-6-8-13(17)9-12)10-18-14(20)21-15(2,3)4/h6-9,19H,5,10-11H2,1-4H3,(H,18,20). The first-order valence-electron chi connectivity index (χ1n) is 7.06. The van der Waals surface area contributed by atoms with Gasteiger partial charge in [-0.25, -0.2) is 9.18 Å². The van der Waals surface area contributed by atoms with Gasteiger partial charge in [-0.1, -0.05) is 19.1 Å². The Kier molecular flexibility index (Phi) is 5.72. The number of halogens is 1. The fourth-order valence-corrected chi connectivity index (χ4v) is 2.06. The molecule has 0 aromatic heterocycles. The van der Waals surface area contributed by atoms with Crippen LogP contribution in [0.15, 0.2) is 24.3 Å². The normalized spacial score (nSPS) is 14.4. The maximum absolute atomic E-state index is 13.4. The molecular formula is C16H24FNO3. The molecule has 0 radical (unpaired) electrons. The van der Waals surface area contributed by atoms with Gasteiger partial charge in [0, 0.05) is 12.0 Å². The molecule has 1 rings (SSSR count). The third-order valence-electron chi connectivity index (χ3n) is 3.39. The second-order valence-electron chi connectivity index (χ2n) is 6.16. The van der Waals surface area contributed by atoms with Crippen LogP contribution in [0.4, 0.5) is 9.18 Å². The predicted octanol–water partition coefficient (Wildman–Crippen LogP) is 2.99. The number of carbonyl (C=O) groups excluding carboxylic acids is 1. The lowest BCUT2D eigenvalue weighted by molar-refractivity contribution is 0.0502. The van der Waals surface area contributed by atoms with Gasteiger partial charge in [0.05, 0.1) is 6.61 Å². The molecule has 1 unspecified atom stereocenters. The summed E-state index contributed by atoms with van der Waals surface area (Å²) in [6, 6.07) is 6.08. The van der Waals surface area contributed by atoms with E-state index < -0.39 is 17.1 Å². The third-order valence-corrected chi connectivity index (χ3v) is 3.39. The van der Waals surface area contributed by atoms with Crippen LogP contribution in [0.25, 0.3) is 0 Å². The Morgan fingerprint density at radius 3 is 2.52 bits per heavy atom. The first-order valence-corrected chi connectivity index (χ1v) is 7.06. The molecule has 0 bridgehead atoms. The molecule has 0 spiro atoms. The number of aliphatic hydroxyl groups is 1. The summed E-state index contributed by atoms with van der Waals surface area (Å²) in [6.45, 7) is 7.20. The number of nitrogens with one attached hydrogen (secondary N) is 1. The van der Waals surface area contributed by atoms with Crippen LogP contribution < -0.4 is 5.32 Å². The fourth-order valence-electron chi connectivity index (χ4n) is 2.06. The van der Waals surface area contributed by atoms with E-state index in [-0.39, 0.29) is 19.0 Å². The van der Waals surface area contributed by atoms with Crippen LogP contribution in [0, 0.1) is 5.82 Å². The molecule has 0 aliphatic carbocycles. The van der Waals surface area contributed by atoms with E-state index in [1.165, 1.54) is 12.1 Å². The number of ether oxygens (including phenoxy) is 1. The van der Waals surface area contributed by atoms with Gasteiger partial charge in [0.15, 0.2) is 0 Å². The zero-order chi connectivity index (χ0) is 16.1. The van der Waals surface area contributed by atoms with Crippen molar-refractivity contribution in [1.82, 2.24) is 5.32 Å². The van der Waals surface area contributed by atoms with Crippen molar-refractivity contribution in [2.45, 2.75) is 45.1 Å². The van der Waals surface area contributed by atoms with E-state index >= 15 is 0 Å². The first kappa shape index (κ1) is 17.4. The lowest BCUT2D eigenvalue weighted by atomic mass is 9.78. The minimum atomic E-state index is -0.723. The topological polar surface area (TPSA) is 58.6 Å². The van der Waals surface area contributed by atoms with E-state index in [0.717, 1.165) is 0 Å². The maximum Gasteiger partial charge on any atom is 0.407 e. The minimum absolute atomic E-state index is 0.179. The van der Waals surface area contributed by atoms with Crippen molar-refractivity contribution in [3.05, 3.63) is 35.6 Å². The average Bonchev–Trinajstić information content (AvgIpc) is 2.38. The molecule has 0 aliphatic rings. The molecule has 0 saturated heterocycles. The molecule has 1 amide bonds. The van der Waals surface area contributed by atoms with Crippen LogP contribution >= 0.6 is 0 Å². The van der Waals surface area contributed by atoms with Crippen molar-refractivity contribution < 1.29 is 19.0 Å². The highest BCUT2D eigenvalue weighted by Gasteiger charge is 2.31. The molecular weight excluding hydrogens is 273 g/mol. The summed E-state index contributed by atoms with van der Waals surface area (Å²) in [4.78, 5) is 11.7. The van der Waals surface area contributed by atoms with E-state index in [4.69, 9.17) is 4.74 Å². The second-order valence-corrected chi connectivity index (χ2v) is 6.16. The van der Waals surface area contributed by atoms with Crippen molar-refractivity contribution in [3.63, 3.8) is 0 Å². The van der Waals surface area contributed by atoms with E-state index in [2.05, 4.69) is 5.32 Å². The average molecular weight is 297 g/mol. The molecule has 0 aliphatic heterocycles. The molecule has 0 fully saturated rings. The summed E-state index contributed by atoms with van der Waals surface area (Å²) in [5, 5.41) is 12.4. The molecule has 0 heterocycles. The predicted molar refractivity (Wildman–Crippen MR) is 79.7 cm³/mol. The fraction of sp³-hybridized carbons (Fsp3) is 0.562. The third kappa shape index (κ3) is 5.01. The number of hydrogen-bond acceptors (Lipinski definition) is 3. The largest absolute Gasteiger partial charge is 0.444 e. The van der Waals surface area contributed by atoms with Gasteiger partial charge in [-0.15, -0.1) is 0 Å². The minimum Gasteiger partial charge on any atom is -0.444 e. The Balaban J connectivity index is 2.85. The highest BCUT2D eigenvalue weighted by Crippen LogP contribution is 2.27. The number of amides is 1. The van der Waals surface area contributed by atoms with Crippen molar-refractivity contribution in [2.24, 2.45) is 0 Å². The molecule has 2 N–H and O–H groups in total. The van der Waals surface area contributed by atoms with Gasteiger partial charge in [0.25, 0.3) is 0 Å². The van der Waals surface area contributed by atoms with Gasteiger partial charge in [0.2, 0.25) is 0 Å². The highest BCUT2D eigenvalue weighted by atomic mass is 19.1. The Bertz CT molecular complexity index is 479. The van der Waals surface area contributed by atoms with Crippen LogP contribution in [-0.2, 0) is 10.2 Å². The maximum atomic E-state index is 13.4. The SMILES string of the molecule is CCC(CO)(CNC(=O)OC(C)(C)C)c1cccc(F)c1. The van der Waals surface area contributed by atoms with Crippen molar-refractivity contribution >= 4 is 6.09 Å². The number of carbonyl (C=O) groups is 1. The van der Waals surface area contributed by atoms with Gasteiger partial charge in [-0.2, -0.15) is 0 Å². The Hall–Kier alpha value is -1.62. The van der Waals surface area contributed by atoms with Gasteiger partial charge in [-0.05, 0) is 44.9 Å². The quantitative estimate of drug-likeness (QED) is 0.878.